The molecule has 0 saturated carbocycles. The quantitative estimate of drug-likeness (QED) is 0.829. The fourth-order valence-corrected chi connectivity index (χ4v) is 3.03. The Hall–Kier alpha value is -1.86. The van der Waals surface area contributed by atoms with Crippen molar-refractivity contribution in [1.29, 1.82) is 0 Å². The molecule has 0 aliphatic carbocycles. The van der Waals surface area contributed by atoms with Crippen LogP contribution in [0.15, 0.2) is 0 Å². The fraction of sp³-hybridized carbons (Fsp3) is 0.812. The minimum absolute atomic E-state index is 0.0510. The van der Waals surface area contributed by atoms with Crippen LogP contribution in [0.2, 0.25) is 0 Å². The molecule has 136 valence electrons. The minimum Gasteiger partial charge on any atom is -0.444 e. The van der Waals surface area contributed by atoms with Crippen LogP contribution in [0.4, 0.5) is 9.18 Å². The van der Waals surface area contributed by atoms with E-state index in [1.807, 2.05) is 0 Å². The van der Waals surface area contributed by atoms with E-state index >= 15 is 4.39 Å². The van der Waals surface area contributed by atoms with E-state index in [4.69, 9.17) is 10.5 Å². The molecule has 3 amide bonds. The Morgan fingerprint density at radius 1 is 1.33 bits per heavy atom. The van der Waals surface area contributed by atoms with Gasteiger partial charge in [-0.3, -0.25) is 9.59 Å². The summed E-state index contributed by atoms with van der Waals surface area (Å²) >= 11 is 0. The van der Waals surface area contributed by atoms with E-state index in [2.05, 4.69) is 0 Å². The highest BCUT2D eigenvalue weighted by atomic mass is 19.1. The molecule has 2 N–H and O–H groups in total. The summed E-state index contributed by atoms with van der Waals surface area (Å²) < 4.78 is 20.3. The maximum atomic E-state index is 15.0. The summed E-state index contributed by atoms with van der Waals surface area (Å²) in [5.41, 5.74) is 3.08. The number of piperidine rings is 1. The smallest absolute Gasteiger partial charge is 0.410 e. The summed E-state index contributed by atoms with van der Waals surface area (Å²) in [7, 11) is 0. The predicted molar refractivity (Wildman–Crippen MR) is 84.8 cm³/mol. The van der Waals surface area contributed by atoms with Crippen molar-refractivity contribution in [2.24, 2.45) is 11.7 Å². The average Bonchev–Trinajstić information content (AvgIpc) is 2.78. The molecule has 8 heteroatoms. The van der Waals surface area contributed by atoms with Gasteiger partial charge < -0.3 is 20.3 Å². The first-order valence-electron chi connectivity index (χ1n) is 8.23. The maximum Gasteiger partial charge on any atom is 0.410 e. The second kappa shape index (κ2) is 6.57. The molecule has 2 saturated heterocycles. The number of nitrogens with zero attached hydrogens (tertiary/aromatic N) is 2. The molecule has 2 rings (SSSR count). The Labute approximate surface area is 141 Å². The van der Waals surface area contributed by atoms with Gasteiger partial charge in [-0.2, -0.15) is 0 Å². The van der Waals surface area contributed by atoms with Crippen LogP contribution in [0.5, 0.6) is 0 Å². The number of carbonyl (C=O) groups excluding carboxylic acids is 3. The molecular formula is C16H26FN3O4. The third-order valence-corrected chi connectivity index (χ3v) is 4.40. The molecule has 2 aliphatic rings. The Morgan fingerprint density at radius 2 is 1.92 bits per heavy atom. The van der Waals surface area contributed by atoms with Crippen LogP contribution in [-0.4, -0.2) is 65.2 Å². The Bertz CT molecular complexity index is 524. The highest BCUT2D eigenvalue weighted by molar-refractivity contribution is 5.88. The zero-order chi connectivity index (χ0) is 18.1. The van der Waals surface area contributed by atoms with Crippen molar-refractivity contribution in [2.75, 3.05) is 26.2 Å². The van der Waals surface area contributed by atoms with Crippen LogP contribution in [0, 0.1) is 5.92 Å². The SMILES string of the molecule is CC(C)(C)OC(=O)N1CCC(F)(CN2CC(C(N)=O)CC2=O)CC1. The lowest BCUT2D eigenvalue weighted by Crippen LogP contribution is -2.51. The number of amides is 3. The largest absolute Gasteiger partial charge is 0.444 e. The maximum absolute atomic E-state index is 15.0. The van der Waals surface area contributed by atoms with Gasteiger partial charge in [0, 0.05) is 38.9 Å². The summed E-state index contributed by atoms with van der Waals surface area (Å²) in [6, 6.07) is 0. The van der Waals surface area contributed by atoms with E-state index in [1.165, 1.54) is 9.80 Å². The lowest BCUT2D eigenvalue weighted by atomic mass is 9.93. The van der Waals surface area contributed by atoms with E-state index in [-0.39, 0.29) is 51.3 Å². The van der Waals surface area contributed by atoms with Crippen molar-refractivity contribution in [3.05, 3.63) is 0 Å². The van der Waals surface area contributed by atoms with E-state index in [0.717, 1.165) is 0 Å². The van der Waals surface area contributed by atoms with Crippen molar-refractivity contribution < 1.29 is 23.5 Å². The molecule has 0 aromatic heterocycles. The van der Waals surface area contributed by atoms with Gasteiger partial charge in [0.25, 0.3) is 0 Å². The van der Waals surface area contributed by atoms with Crippen molar-refractivity contribution in [1.82, 2.24) is 9.80 Å². The van der Waals surface area contributed by atoms with Crippen LogP contribution in [-0.2, 0) is 14.3 Å². The number of hydrogen-bond donors (Lipinski definition) is 1. The first-order valence-corrected chi connectivity index (χ1v) is 8.23. The second-order valence-electron chi connectivity index (χ2n) is 7.70. The molecule has 2 aliphatic heterocycles. The molecular weight excluding hydrogens is 317 g/mol. The molecule has 0 radical (unpaired) electrons. The number of halogens is 1. The van der Waals surface area contributed by atoms with Crippen LogP contribution >= 0.6 is 0 Å². The zero-order valence-electron chi connectivity index (χ0n) is 14.5. The predicted octanol–water partition coefficient (Wildman–Crippen LogP) is 1.06. The Balaban J connectivity index is 1.87. The third-order valence-electron chi connectivity index (χ3n) is 4.40. The summed E-state index contributed by atoms with van der Waals surface area (Å²) in [6.07, 6.45) is -0.125. The zero-order valence-corrected chi connectivity index (χ0v) is 14.5. The summed E-state index contributed by atoms with van der Waals surface area (Å²) in [4.78, 5) is 38.0. The fourth-order valence-electron chi connectivity index (χ4n) is 3.03. The number of nitrogens with two attached hydrogens (primary N) is 1. The molecule has 0 aromatic rings. The molecule has 2 fully saturated rings. The van der Waals surface area contributed by atoms with Crippen molar-refractivity contribution >= 4 is 17.9 Å². The number of ether oxygens (including phenoxy) is 1. The monoisotopic (exact) mass is 343 g/mol. The van der Waals surface area contributed by atoms with Crippen LogP contribution < -0.4 is 5.73 Å². The molecule has 0 bridgehead atoms. The normalized spacial score (nSPS) is 24.2. The number of rotatable bonds is 3. The van der Waals surface area contributed by atoms with Crippen LogP contribution in [0.25, 0.3) is 0 Å². The highest BCUT2D eigenvalue weighted by Crippen LogP contribution is 2.30. The Kier molecular flexibility index (Phi) is 5.05. The third kappa shape index (κ3) is 4.58. The summed E-state index contributed by atoms with van der Waals surface area (Å²) in [6.45, 7) is 5.94. The molecule has 1 unspecified atom stereocenters. The molecule has 1 atom stereocenters. The summed E-state index contributed by atoms with van der Waals surface area (Å²) in [5.74, 6) is -1.31. The number of alkyl halides is 1. The van der Waals surface area contributed by atoms with E-state index in [9.17, 15) is 14.4 Å². The lowest BCUT2D eigenvalue weighted by molar-refractivity contribution is -0.130. The van der Waals surface area contributed by atoms with E-state index in [0.29, 0.717) is 0 Å². The standard InChI is InChI=1S/C16H26FN3O4/c1-15(2,3)24-14(23)19-6-4-16(17,5-7-19)10-20-9-11(13(18)22)8-12(20)21/h11H,4-10H2,1-3H3,(H2,18,22). The van der Waals surface area contributed by atoms with Gasteiger partial charge >= 0.3 is 6.09 Å². The van der Waals surface area contributed by atoms with Gasteiger partial charge in [-0.25, -0.2) is 9.18 Å². The minimum atomic E-state index is -1.55. The molecule has 2 heterocycles. The molecule has 0 spiro atoms. The van der Waals surface area contributed by atoms with Gasteiger partial charge in [-0.15, -0.1) is 0 Å². The Morgan fingerprint density at radius 3 is 2.38 bits per heavy atom. The van der Waals surface area contributed by atoms with Gasteiger partial charge in [0.2, 0.25) is 11.8 Å². The number of likely N-dealkylation sites (tertiary alicyclic amines) is 2. The first-order chi connectivity index (χ1) is 11.0. The van der Waals surface area contributed by atoms with Crippen molar-refractivity contribution in [2.45, 2.75) is 51.3 Å². The van der Waals surface area contributed by atoms with Gasteiger partial charge in [-0.05, 0) is 20.8 Å². The van der Waals surface area contributed by atoms with E-state index in [1.54, 1.807) is 20.8 Å². The number of primary amides is 1. The molecule has 7 nitrogen and oxygen atoms in total. The van der Waals surface area contributed by atoms with Crippen LogP contribution in [0.3, 0.4) is 0 Å². The number of hydrogen-bond acceptors (Lipinski definition) is 4. The van der Waals surface area contributed by atoms with Gasteiger partial charge in [0.1, 0.15) is 11.3 Å². The second-order valence-corrected chi connectivity index (χ2v) is 7.70. The van der Waals surface area contributed by atoms with Gasteiger partial charge in [0.15, 0.2) is 0 Å². The van der Waals surface area contributed by atoms with Crippen molar-refractivity contribution in [3.8, 4) is 0 Å². The van der Waals surface area contributed by atoms with Gasteiger partial charge in [-0.1, -0.05) is 0 Å². The topological polar surface area (TPSA) is 92.9 Å². The molecule has 24 heavy (non-hydrogen) atoms. The molecule has 0 aromatic carbocycles. The van der Waals surface area contributed by atoms with Crippen LogP contribution in [0.1, 0.15) is 40.0 Å². The lowest BCUT2D eigenvalue weighted by Gasteiger charge is -2.38. The average molecular weight is 343 g/mol. The van der Waals surface area contributed by atoms with E-state index < -0.39 is 29.2 Å². The first kappa shape index (κ1) is 18.5. The number of carbonyl (C=O) groups is 3. The highest BCUT2D eigenvalue weighted by Gasteiger charge is 2.42. The van der Waals surface area contributed by atoms with Gasteiger partial charge in [0.05, 0.1) is 12.5 Å². The van der Waals surface area contributed by atoms with Crippen molar-refractivity contribution in [3.63, 3.8) is 0 Å². The summed E-state index contributed by atoms with van der Waals surface area (Å²) in [5, 5.41) is 0.